The lowest BCUT2D eigenvalue weighted by molar-refractivity contribution is 0.0841. The minimum Gasteiger partial charge on any atom is -0.267 e. The fourth-order valence-electron chi connectivity index (χ4n) is 2.38. The van der Waals surface area contributed by atoms with Crippen LogP contribution in [-0.4, -0.2) is 21.6 Å². The number of carbonyl (C=O) groups is 2. The van der Waals surface area contributed by atoms with Gasteiger partial charge in [-0.25, -0.2) is 9.07 Å². The first-order valence-corrected chi connectivity index (χ1v) is 8.19. The zero-order valence-corrected chi connectivity index (χ0v) is 15.0. The predicted molar refractivity (Wildman–Crippen MR) is 96.0 cm³/mol. The van der Waals surface area contributed by atoms with Crippen molar-refractivity contribution in [3.63, 3.8) is 0 Å². The molecule has 7 nitrogen and oxygen atoms in total. The smallest absolute Gasteiger partial charge is 0.267 e. The number of nitrogens with zero attached hydrogens (tertiary/aromatic N) is 2. The number of hydrazine groups is 1. The number of fused-ring (bicyclic) bond motifs is 1. The van der Waals surface area contributed by atoms with E-state index in [1.807, 2.05) is 0 Å². The third-order valence-corrected chi connectivity index (χ3v) is 4.13. The van der Waals surface area contributed by atoms with Crippen LogP contribution in [0, 0.1) is 5.82 Å². The van der Waals surface area contributed by atoms with Gasteiger partial charge in [-0.05, 0) is 24.3 Å². The maximum Gasteiger partial charge on any atom is 0.290 e. The zero-order chi connectivity index (χ0) is 18.8. The predicted octanol–water partition coefficient (Wildman–Crippen LogP) is 1.91. The van der Waals surface area contributed by atoms with Crippen molar-refractivity contribution in [2.75, 3.05) is 0 Å². The number of rotatable bonds is 2. The number of benzene rings is 2. The van der Waals surface area contributed by atoms with Crippen LogP contribution in [0.1, 0.15) is 20.8 Å². The maximum absolute atomic E-state index is 13.7. The average molecular weight is 419 g/mol. The highest BCUT2D eigenvalue weighted by atomic mass is 79.9. The van der Waals surface area contributed by atoms with Crippen LogP contribution in [0.25, 0.3) is 10.8 Å². The number of aromatic nitrogens is 2. The molecule has 26 heavy (non-hydrogen) atoms. The van der Waals surface area contributed by atoms with E-state index in [1.165, 1.54) is 19.2 Å². The van der Waals surface area contributed by atoms with Crippen molar-refractivity contribution in [3.8, 4) is 0 Å². The number of aryl methyl sites for hydroxylation is 1. The van der Waals surface area contributed by atoms with Crippen molar-refractivity contribution in [1.82, 2.24) is 20.6 Å². The van der Waals surface area contributed by atoms with Crippen LogP contribution >= 0.6 is 15.9 Å². The summed E-state index contributed by atoms with van der Waals surface area (Å²) in [5.74, 6) is -2.29. The molecule has 0 saturated carbocycles. The maximum atomic E-state index is 13.7. The van der Waals surface area contributed by atoms with Crippen molar-refractivity contribution in [2.45, 2.75) is 0 Å². The fraction of sp³-hybridized carbons (Fsp3) is 0.0588. The molecule has 1 aromatic heterocycles. The number of hydrogen-bond donors (Lipinski definition) is 2. The normalized spacial score (nSPS) is 10.6. The lowest BCUT2D eigenvalue weighted by Crippen LogP contribution is -2.43. The molecule has 1 heterocycles. The standard InChI is InChI=1S/C17H12BrFN4O3/c1-23-17(26)11-5-3-2-4-10(11)14(22-23)16(25)21-20-15(24)12-8-9(18)6-7-13(12)19/h2-8H,1H3,(H,20,24)(H,21,25). The Morgan fingerprint density at radius 1 is 1.08 bits per heavy atom. The molecule has 3 aromatic rings. The van der Waals surface area contributed by atoms with E-state index in [0.717, 1.165) is 10.7 Å². The molecule has 3 rings (SSSR count). The highest BCUT2D eigenvalue weighted by Gasteiger charge is 2.17. The number of carbonyl (C=O) groups excluding carboxylic acids is 2. The molecule has 2 aromatic carbocycles. The monoisotopic (exact) mass is 418 g/mol. The van der Waals surface area contributed by atoms with Gasteiger partial charge in [-0.15, -0.1) is 0 Å². The Hall–Kier alpha value is -3.07. The Morgan fingerprint density at radius 2 is 1.73 bits per heavy atom. The zero-order valence-electron chi connectivity index (χ0n) is 13.4. The van der Waals surface area contributed by atoms with Gasteiger partial charge >= 0.3 is 0 Å². The van der Waals surface area contributed by atoms with Gasteiger partial charge in [0.1, 0.15) is 5.82 Å². The van der Waals surface area contributed by atoms with Gasteiger partial charge in [0.15, 0.2) is 5.69 Å². The van der Waals surface area contributed by atoms with Crippen molar-refractivity contribution >= 4 is 38.5 Å². The molecule has 9 heteroatoms. The van der Waals surface area contributed by atoms with Gasteiger partial charge in [-0.3, -0.25) is 25.2 Å². The quantitative estimate of drug-likeness (QED) is 0.621. The minimum atomic E-state index is -0.828. The summed E-state index contributed by atoms with van der Waals surface area (Å²) < 4.78 is 15.3. The molecule has 2 amide bonds. The highest BCUT2D eigenvalue weighted by molar-refractivity contribution is 9.10. The van der Waals surface area contributed by atoms with E-state index in [4.69, 9.17) is 0 Å². The second-order valence-electron chi connectivity index (χ2n) is 5.36. The molecule has 0 atom stereocenters. The van der Waals surface area contributed by atoms with E-state index in [-0.39, 0.29) is 16.8 Å². The van der Waals surface area contributed by atoms with Crippen LogP contribution in [0.2, 0.25) is 0 Å². The molecule has 0 saturated heterocycles. The third kappa shape index (κ3) is 3.33. The summed E-state index contributed by atoms with van der Waals surface area (Å²) in [7, 11) is 1.42. The van der Waals surface area contributed by atoms with Gasteiger partial charge in [-0.2, -0.15) is 5.10 Å². The number of halogens is 2. The van der Waals surface area contributed by atoms with Gasteiger partial charge < -0.3 is 0 Å². The number of nitrogens with one attached hydrogen (secondary N) is 2. The van der Waals surface area contributed by atoms with E-state index in [9.17, 15) is 18.8 Å². The first-order chi connectivity index (χ1) is 12.4. The summed E-state index contributed by atoms with van der Waals surface area (Å²) >= 11 is 3.15. The summed E-state index contributed by atoms with van der Waals surface area (Å²) in [6, 6.07) is 10.4. The second kappa shape index (κ2) is 7.04. The van der Waals surface area contributed by atoms with Crippen molar-refractivity contribution < 1.29 is 14.0 Å². The van der Waals surface area contributed by atoms with Gasteiger partial charge in [0.25, 0.3) is 17.4 Å². The molecule has 0 spiro atoms. The summed E-state index contributed by atoms with van der Waals surface area (Å²) in [5, 5.41) is 4.60. The van der Waals surface area contributed by atoms with Gasteiger partial charge in [0.2, 0.25) is 0 Å². The summed E-state index contributed by atoms with van der Waals surface area (Å²) in [6.45, 7) is 0. The summed E-state index contributed by atoms with van der Waals surface area (Å²) in [5.41, 5.74) is 3.69. The molecule has 132 valence electrons. The Morgan fingerprint density at radius 3 is 2.46 bits per heavy atom. The molecule has 0 aliphatic rings. The van der Waals surface area contributed by atoms with E-state index < -0.39 is 17.6 Å². The topological polar surface area (TPSA) is 93.1 Å². The van der Waals surface area contributed by atoms with Crippen LogP contribution in [0.15, 0.2) is 51.7 Å². The van der Waals surface area contributed by atoms with Gasteiger partial charge in [0, 0.05) is 16.9 Å². The van der Waals surface area contributed by atoms with E-state index in [2.05, 4.69) is 31.9 Å². The first-order valence-electron chi connectivity index (χ1n) is 7.40. The summed E-state index contributed by atoms with van der Waals surface area (Å²) in [6.07, 6.45) is 0. The van der Waals surface area contributed by atoms with E-state index in [0.29, 0.717) is 15.2 Å². The number of hydrogen-bond acceptors (Lipinski definition) is 4. The van der Waals surface area contributed by atoms with Crippen LogP contribution in [-0.2, 0) is 7.05 Å². The molecule has 0 bridgehead atoms. The Kier molecular flexibility index (Phi) is 4.81. The third-order valence-electron chi connectivity index (χ3n) is 3.63. The molecule has 2 N–H and O–H groups in total. The van der Waals surface area contributed by atoms with Crippen LogP contribution in [0.5, 0.6) is 0 Å². The fourth-order valence-corrected chi connectivity index (χ4v) is 2.74. The summed E-state index contributed by atoms with van der Waals surface area (Å²) in [4.78, 5) is 36.6. The molecule has 0 aliphatic heterocycles. The van der Waals surface area contributed by atoms with E-state index >= 15 is 0 Å². The van der Waals surface area contributed by atoms with E-state index in [1.54, 1.807) is 24.3 Å². The molecule has 0 unspecified atom stereocenters. The Balaban J connectivity index is 1.86. The van der Waals surface area contributed by atoms with Crippen LogP contribution < -0.4 is 16.4 Å². The average Bonchev–Trinajstić information content (AvgIpc) is 2.64. The van der Waals surface area contributed by atoms with Crippen molar-refractivity contribution in [3.05, 3.63) is 74.4 Å². The van der Waals surface area contributed by atoms with Crippen molar-refractivity contribution in [2.24, 2.45) is 7.05 Å². The molecule has 0 aliphatic carbocycles. The van der Waals surface area contributed by atoms with Crippen LogP contribution in [0.4, 0.5) is 4.39 Å². The Bertz CT molecular complexity index is 1100. The molecule has 0 fully saturated rings. The van der Waals surface area contributed by atoms with Crippen molar-refractivity contribution in [1.29, 1.82) is 0 Å². The first kappa shape index (κ1) is 17.7. The largest absolute Gasteiger partial charge is 0.290 e. The lowest BCUT2D eigenvalue weighted by atomic mass is 10.1. The molecular formula is C17H12BrFN4O3. The van der Waals surface area contributed by atoms with Crippen LogP contribution in [0.3, 0.4) is 0 Å². The second-order valence-corrected chi connectivity index (χ2v) is 6.27. The minimum absolute atomic E-state index is 0.0438. The molecular weight excluding hydrogens is 407 g/mol. The number of amides is 2. The van der Waals surface area contributed by atoms with Gasteiger partial charge in [0.05, 0.1) is 10.9 Å². The SMILES string of the molecule is Cn1nc(C(=O)NNC(=O)c2cc(Br)ccc2F)c2ccccc2c1=O. The lowest BCUT2D eigenvalue weighted by Gasteiger charge is -2.10. The highest BCUT2D eigenvalue weighted by Crippen LogP contribution is 2.15. The van der Waals surface area contributed by atoms with Gasteiger partial charge in [-0.1, -0.05) is 34.1 Å². The Labute approximate surface area is 154 Å². The molecule has 0 radical (unpaired) electrons.